The summed E-state index contributed by atoms with van der Waals surface area (Å²) < 4.78 is 17.8. The fraction of sp³-hybridized carbons (Fsp3) is 0.227. The maximum Gasteiger partial charge on any atom is 0.248 e. The number of hydrogen-bond acceptors (Lipinski definition) is 8. The lowest BCUT2D eigenvalue weighted by atomic mass is 9.95. The Morgan fingerprint density at radius 3 is 2.38 bits per heavy atom. The van der Waals surface area contributed by atoms with Crippen LogP contribution in [0.25, 0.3) is 11.4 Å². The van der Waals surface area contributed by atoms with Crippen LogP contribution in [0, 0.1) is 0 Å². The molecule has 166 valence electrons. The summed E-state index contributed by atoms with van der Waals surface area (Å²) in [6.45, 7) is 1.74. The summed E-state index contributed by atoms with van der Waals surface area (Å²) in [4.78, 5) is 16.9. The van der Waals surface area contributed by atoms with Crippen molar-refractivity contribution < 1.29 is 24.1 Å². The van der Waals surface area contributed by atoms with Crippen LogP contribution in [0.5, 0.6) is 23.0 Å². The van der Waals surface area contributed by atoms with E-state index in [9.17, 15) is 9.90 Å². The normalized spacial score (nSPS) is 15.1. The van der Waals surface area contributed by atoms with Crippen molar-refractivity contribution in [2.24, 2.45) is 5.73 Å². The highest BCUT2D eigenvalue weighted by molar-refractivity contribution is 5.95. The molecule has 2 aromatic carbocycles. The minimum atomic E-state index is -0.667. The first-order valence-corrected chi connectivity index (χ1v) is 9.71. The van der Waals surface area contributed by atoms with E-state index in [-0.39, 0.29) is 5.75 Å². The first-order chi connectivity index (χ1) is 15.4. The number of benzene rings is 2. The number of primary amides is 1. The quantitative estimate of drug-likeness (QED) is 0.535. The van der Waals surface area contributed by atoms with Gasteiger partial charge in [-0.2, -0.15) is 4.98 Å². The Labute approximate surface area is 184 Å². The fourth-order valence-electron chi connectivity index (χ4n) is 3.81. The summed E-state index contributed by atoms with van der Waals surface area (Å²) in [5.74, 6) is 1.62. The number of amides is 1. The van der Waals surface area contributed by atoms with Gasteiger partial charge in [0.15, 0.2) is 17.3 Å². The van der Waals surface area contributed by atoms with Crippen LogP contribution in [0.3, 0.4) is 0 Å². The number of carbonyl (C=O) groups excluding carboxylic acids is 1. The van der Waals surface area contributed by atoms with Crippen molar-refractivity contribution in [1.29, 1.82) is 0 Å². The number of nitrogens with zero attached hydrogens (tertiary/aromatic N) is 3. The van der Waals surface area contributed by atoms with E-state index in [2.05, 4.69) is 15.4 Å². The van der Waals surface area contributed by atoms with E-state index in [1.165, 1.54) is 21.3 Å². The Balaban J connectivity index is 1.89. The summed E-state index contributed by atoms with van der Waals surface area (Å²) in [6.07, 6.45) is 0. The molecule has 10 nitrogen and oxygen atoms in total. The highest BCUT2D eigenvalue weighted by atomic mass is 16.5. The number of ether oxygens (including phenoxy) is 3. The zero-order valence-electron chi connectivity index (χ0n) is 18.0. The molecule has 0 spiro atoms. The molecule has 4 N–H and O–H groups in total. The maximum atomic E-state index is 12.3. The minimum absolute atomic E-state index is 0.0639. The molecule has 0 radical (unpaired) electrons. The first-order valence-electron chi connectivity index (χ1n) is 9.71. The van der Waals surface area contributed by atoms with Crippen LogP contribution in [-0.4, -0.2) is 47.1 Å². The number of allylic oxidation sites excluding steroid dienone is 1. The van der Waals surface area contributed by atoms with E-state index < -0.39 is 11.9 Å². The molecule has 0 fully saturated rings. The van der Waals surface area contributed by atoms with Crippen molar-refractivity contribution in [2.45, 2.75) is 13.0 Å². The highest BCUT2D eigenvalue weighted by Gasteiger charge is 2.33. The lowest BCUT2D eigenvalue weighted by Crippen LogP contribution is -2.31. The highest BCUT2D eigenvalue weighted by Crippen LogP contribution is 2.42. The minimum Gasteiger partial charge on any atom is -0.508 e. The number of methoxy groups -OCH3 is 3. The number of hydrogen-bond donors (Lipinski definition) is 3. The average molecular weight is 437 g/mol. The summed E-state index contributed by atoms with van der Waals surface area (Å²) >= 11 is 0. The first kappa shape index (κ1) is 21.0. The molecule has 1 aliphatic rings. The van der Waals surface area contributed by atoms with Crippen LogP contribution in [-0.2, 0) is 4.79 Å². The molecule has 1 atom stereocenters. The van der Waals surface area contributed by atoms with Crippen molar-refractivity contribution in [3.05, 3.63) is 53.2 Å². The largest absolute Gasteiger partial charge is 0.508 e. The fourth-order valence-corrected chi connectivity index (χ4v) is 3.81. The molecular formula is C22H23N5O5. The smallest absolute Gasteiger partial charge is 0.248 e. The van der Waals surface area contributed by atoms with Crippen molar-refractivity contribution in [1.82, 2.24) is 14.8 Å². The number of fused-ring (bicyclic) bond motifs is 1. The second kappa shape index (κ2) is 8.14. The number of anilines is 1. The maximum absolute atomic E-state index is 12.3. The van der Waals surface area contributed by atoms with E-state index in [1.807, 2.05) is 0 Å². The average Bonchev–Trinajstić information content (AvgIpc) is 3.20. The van der Waals surface area contributed by atoms with Crippen molar-refractivity contribution >= 4 is 11.9 Å². The van der Waals surface area contributed by atoms with Crippen molar-refractivity contribution in [3.63, 3.8) is 0 Å². The Hall–Kier alpha value is -4.21. The van der Waals surface area contributed by atoms with Gasteiger partial charge in [-0.3, -0.25) is 4.79 Å². The third-order valence-corrected chi connectivity index (χ3v) is 5.23. The number of nitrogens with one attached hydrogen (secondary N) is 1. The molecule has 0 aliphatic carbocycles. The molecule has 3 aromatic rings. The molecule has 0 saturated carbocycles. The van der Waals surface area contributed by atoms with E-state index >= 15 is 0 Å². The molecule has 0 bridgehead atoms. The molecule has 32 heavy (non-hydrogen) atoms. The lowest BCUT2D eigenvalue weighted by molar-refractivity contribution is -0.115. The van der Waals surface area contributed by atoms with E-state index in [0.29, 0.717) is 51.4 Å². The summed E-state index contributed by atoms with van der Waals surface area (Å²) in [5.41, 5.74) is 7.84. The Morgan fingerprint density at radius 1 is 1.12 bits per heavy atom. The summed E-state index contributed by atoms with van der Waals surface area (Å²) in [7, 11) is 4.58. The van der Waals surface area contributed by atoms with E-state index in [4.69, 9.17) is 19.9 Å². The second-order valence-electron chi connectivity index (χ2n) is 7.14. The molecule has 0 saturated heterocycles. The van der Waals surface area contributed by atoms with Crippen molar-refractivity contribution in [2.75, 3.05) is 26.6 Å². The monoisotopic (exact) mass is 437 g/mol. The summed E-state index contributed by atoms with van der Waals surface area (Å²) in [6, 6.07) is 9.40. The Morgan fingerprint density at radius 2 is 1.81 bits per heavy atom. The molecule has 1 amide bonds. The van der Waals surface area contributed by atoms with Gasteiger partial charge in [-0.25, -0.2) is 4.68 Å². The number of carbonyl (C=O) groups is 1. The Kier molecular flexibility index (Phi) is 5.35. The summed E-state index contributed by atoms with van der Waals surface area (Å²) in [5, 5.41) is 17.7. The van der Waals surface area contributed by atoms with Gasteiger partial charge >= 0.3 is 0 Å². The molecular weight excluding hydrogens is 414 g/mol. The number of nitrogens with two attached hydrogens (primary N) is 1. The lowest BCUT2D eigenvalue weighted by Gasteiger charge is -2.27. The van der Waals surface area contributed by atoms with Gasteiger partial charge in [0, 0.05) is 11.3 Å². The van der Waals surface area contributed by atoms with Gasteiger partial charge in [-0.1, -0.05) is 12.1 Å². The van der Waals surface area contributed by atoms with Crippen LogP contribution >= 0.6 is 0 Å². The zero-order chi connectivity index (χ0) is 23.0. The second-order valence-corrected chi connectivity index (χ2v) is 7.14. The molecule has 2 heterocycles. The predicted molar refractivity (Wildman–Crippen MR) is 117 cm³/mol. The SMILES string of the molecule is COc1cc(-c2nc3n(n2)[C@H](c2cccc(O)c2)C(C(N)=O)=C(C)N3)cc(OC)c1OC. The van der Waals surface area contributed by atoms with Gasteiger partial charge in [0.2, 0.25) is 17.6 Å². The van der Waals surface area contributed by atoms with Gasteiger partial charge < -0.3 is 30.4 Å². The van der Waals surface area contributed by atoms with Gasteiger partial charge in [0.25, 0.3) is 0 Å². The topological polar surface area (TPSA) is 134 Å². The zero-order valence-corrected chi connectivity index (χ0v) is 18.0. The molecule has 1 aromatic heterocycles. The van der Waals surface area contributed by atoms with Gasteiger partial charge in [0.05, 0.1) is 26.9 Å². The third kappa shape index (κ3) is 3.45. The van der Waals surface area contributed by atoms with Crippen LogP contribution in [0.2, 0.25) is 0 Å². The number of aromatic hydroxyl groups is 1. The number of phenols is 1. The van der Waals surface area contributed by atoms with E-state index in [0.717, 1.165) is 0 Å². The van der Waals surface area contributed by atoms with Gasteiger partial charge in [-0.05, 0) is 36.8 Å². The number of rotatable bonds is 6. The molecule has 0 unspecified atom stereocenters. The standard InChI is InChI=1S/C22H23N5O5/c1-11-17(20(23)29)18(12-6-5-7-14(28)8-12)27-22(24-11)25-21(26-27)13-9-15(30-2)19(32-4)16(10-13)31-3/h5-10,18,28H,1-4H3,(H2,23,29)(H,24,25,26)/t18-/m1/s1. The molecule has 1 aliphatic heterocycles. The molecule has 10 heteroatoms. The third-order valence-electron chi connectivity index (χ3n) is 5.23. The van der Waals surface area contributed by atoms with Gasteiger partial charge in [0.1, 0.15) is 11.8 Å². The van der Waals surface area contributed by atoms with E-state index in [1.54, 1.807) is 48.0 Å². The van der Waals surface area contributed by atoms with Crippen LogP contribution < -0.4 is 25.3 Å². The van der Waals surface area contributed by atoms with Crippen LogP contribution in [0.1, 0.15) is 18.5 Å². The van der Waals surface area contributed by atoms with Crippen molar-refractivity contribution in [3.8, 4) is 34.4 Å². The Bertz CT molecular complexity index is 1210. The number of phenolic OH excluding ortho intramolecular Hbond substituents is 1. The van der Waals surface area contributed by atoms with Crippen LogP contribution in [0.4, 0.5) is 5.95 Å². The molecule has 4 rings (SSSR count). The van der Waals surface area contributed by atoms with Gasteiger partial charge in [-0.15, -0.1) is 5.10 Å². The predicted octanol–water partition coefficient (Wildman–Crippen LogP) is 2.45. The van der Waals surface area contributed by atoms with Crippen LogP contribution in [0.15, 0.2) is 47.7 Å². The number of aromatic nitrogens is 3.